The Morgan fingerprint density at radius 2 is 1.58 bits per heavy atom. The van der Waals surface area contributed by atoms with Gasteiger partial charge in [-0.1, -0.05) is 38.3 Å². The second kappa shape index (κ2) is 10.7. The highest BCUT2D eigenvalue weighted by Crippen LogP contribution is 2.05. The van der Waals surface area contributed by atoms with Gasteiger partial charge in [-0.3, -0.25) is 0 Å². The molecule has 0 unspecified atom stereocenters. The summed E-state index contributed by atoms with van der Waals surface area (Å²) in [6, 6.07) is 0. The van der Waals surface area contributed by atoms with Gasteiger partial charge < -0.3 is 5.73 Å². The summed E-state index contributed by atoms with van der Waals surface area (Å²) in [5.74, 6) is 0. The van der Waals surface area contributed by atoms with Crippen LogP contribution in [0.25, 0.3) is 0 Å². The lowest BCUT2D eigenvalue weighted by molar-refractivity contribution is 0.622. The van der Waals surface area contributed by atoms with Crippen LogP contribution in [0.3, 0.4) is 0 Å². The molecule has 1 nitrogen and oxygen atoms in total. The maximum atomic E-state index is 5.40. The third-order valence-electron chi connectivity index (χ3n) is 1.98. The van der Waals surface area contributed by atoms with Gasteiger partial charge in [0.2, 0.25) is 0 Å². The Morgan fingerprint density at radius 3 is 2.25 bits per heavy atom. The van der Waals surface area contributed by atoms with E-state index in [1.165, 1.54) is 44.9 Å². The van der Waals surface area contributed by atoms with Crippen molar-refractivity contribution in [1.29, 1.82) is 0 Å². The van der Waals surface area contributed by atoms with Crippen LogP contribution in [-0.4, -0.2) is 6.54 Å². The molecule has 0 atom stereocenters. The van der Waals surface area contributed by atoms with Gasteiger partial charge in [0.15, 0.2) is 0 Å². The van der Waals surface area contributed by atoms with Crippen LogP contribution in [0, 0.1) is 0 Å². The molecule has 0 saturated heterocycles. The van der Waals surface area contributed by atoms with E-state index >= 15 is 0 Å². The summed E-state index contributed by atoms with van der Waals surface area (Å²) < 4.78 is 0. The van der Waals surface area contributed by atoms with E-state index in [1.54, 1.807) is 0 Å². The largest absolute Gasteiger partial charge is 0.330 e. The molecule has 0 aliphatic heterocycles. The first kappa shape index (κ1) is 11.7. The Morgan fingerprint density at radius 1 is 0.917 bits per heavy atom. The fourth-order valence-corrected chi connectivity index (χ4v) is 1.22. The van der Waals surface area contributed by atoms with Crippen LogP contribution in [0.1, 0.15) is 51.9 Å². The Labute approximate surface area is 77.0 Å². The molecule has 0 saturated carbocycles. The molecule has 0 aromatic heterocycles. The molecule has 1 heteroatoms. The van der Waals surface area contributed by atoms with Crippen molar-refractivity contribution >= 4 is 0 Å². The minimum absolute atomic E-state index is 0.857. The second-order valence-electron chi connectivity index (χ2n) is 3.22. The summed E-state index contributed by atoms with van der Waals surface area (Å²) in [6.07, 6.45) is 13.6. The Bertz CT molecular complexity index is 97.2. The van der Waals surface area contributed by atoms with E-state index in [0.717, 1.165) is 6.54 Å². The Balaban J connectivity index is 2.86. The van der Waals surface area contributed by atoms with Crippen molar-refractivity contribution < 1.29 is 0 Å². The first-order chi connectivity index (χ1) is 5.91. The number of rotatable bonds is 8. The molecule has 2 N–H and O–H groups in total. The lowest BCUT2D eigenvalue weighted by Crippen LogP contribution is -1.97. The molecule has 0 aliphatic rings. The van der Waals surface area contributed by atoms with Crippen LogP contribution < -0.4 is 5.73 Å². The zero-order chi connectivity index (χ0) is 9.07. The predicted molar refractivity (Wildman–Crippen MR) is 56.2 cm³/mol. The van der Waals surface area contributed by atoms with Gasteiger partial charge in [0, 0.05) is 0 Å². The van der Waals surface area contributed by atoms with Gasteiger partial charge in [-0.15, -0.1) is 0 Å². The van der Waals surface area contributed by atoms with Crippen molar-refractivity contribution in [2.75, 3.05) is 6.54 Å². The highest BCUT2D eigenvalue weighted by atomic mass is 14.5. The van der Waals surface area contributed by atoms with Gasteiger partial charge in [0.05, 0.1) is 0 Å². The smallest absolute Gasteiger partial charge is 0.00773 e. The Kier molecular flexibility index (Phi) is 10.4. The van der Waals surface area contributed by atoms with Gasteiger partial charge in [-0.05, 0) is 32.2 Å². The predicted octanol–water partition coefficient (Wildman–Crippen LogP) is 3.25. The zero-order valence-corrected chi connectivity index (χ0v) is 8.39. The average molecular weight is 169 g/mol. The van der Waals surface area contributed by atoms with Crippen LogP contribution in [0.2, 0.25) is 0 Å². The van der Waals surface area contributed by atoms with E-state index in [4.69, 9.17) is 5.73 Å². The standard InChI is InChI=1S/C11H23N/c1-2-3-4-5-6-7-8-9-10-11-12/h3-4H,2,5-12H2,1H3. The van der Waals surface area contributed by atoms with Crippen molar-refractivity contribution in [2.24, 2.45) is 5.73 Å². The molecule has 0 spiro atoms. The van der Waals surface area contributed by atoms with E-state index in [9.17, 15) is 0 Å². The number of hydrogen-bond acceptors (Lipinski definition) is 1. The molecule has 0 aromatic rings. The van der Waals surface area contributed by atoms with Crippen LogP contribution >= 0.6 is 0 Å². The molecule has 0 rings (SSSR count). The number of hydrogen-bond donors (Lipinski definition) is 1. The second-order valence-corrected chi connectivity index (χ2v) is 3.22. The molecule has 0 heterocycles. The molecule has 0 aromatic carbocycles. The molecule has 0 aliphatic carbocycles. The number of unbranched alkanes of at least 4 members (excludes halogenated alkanes) is 5. The zero-order valence-electron chi connectivity index (χ0n) is 8.39. The summed E-state index contributed by atoms with van der Waals surface area (Å²) in [4.78, 5) is 0. The summed E-state index contributed by atoms with van der Waals surface area (Å²) in [7, 11) is 0. The molecular formula is C11H23N. The molecule has 0 radical (unpaired) electrons. The van der Waals surface area contributed by atoms with E-state index in [-0.39, 0.29) is 0 Å². The molecule has 0 bridgehead atoms. The lowest BCUT2D eigenvalue weighted by Gasteiger charge is -1.97. The van der Waals surface area contributed by atoms with Gasteiger partial charge in [0.1, 0.15) is 0 Å². The number of allylic oxidation sites excluding steroid dienone is 2. The fourth-order valence-electron chi connectivity index (χ4n) is 1.22. The van der Waals surface area contributed by atoms with Crippen molar-refractivity contribution in [3.8, 4) is 0 Å². The highest BCUT2D eigenvalue weighted by Gasteiger charge is 1.87. The molecule has 12 heavy (non-hydrogen) atoms. The average Bonchev–Trinajstić information content (AvgIpc) is 2.10. The van der Waals surface area contributed by atoms with Crippen LogP contribution in [0.4, 0.5) is 0 Å². The van der Waals surface area contributed by atoms with Crippen LogP contribution in [-0.2, 0) is 0 Å². The SMILES string of the molecule is CCC=CCCCCCCCN. The molecule has 72 valence electrons. The quantitative estimate of drug-likeness (QED) is 0.438. The Hall–Kier alpha value is -0.300. The lowest BCUT2D eigenvalue weighted by atomic mass is 10.1. The highest BCUT2D eigenvalue weighted by molar-refractivity contribution is 4.79. The van der Waals surface area contributed by atoms with Gasteiger partial charge in [-0.25, -0.2) is 0 Å². The fraction of sp³-hybridized carbons (Fsp3) is 0.818. The number of nitrogens with two attached hydrogens (primary N) is 1. The third-order valence-corrected chi connectivity index (χ3v) is 1.98. The third kappa shape index (κ3) is 9.70. The van der Waals surface area contributed by atoms with E-state index in [1.807, 2.05) is 0 Å². The van der Waals surface area contributed by atoms with Gasteiger partial charge in [-0.2, -0.15) is 0 Å². The normalized spacial score (nSPS) is 11.2. The van der Waals surface area contributed by atoms with E-state index < -0.39 is 0 Å². The molecular weight excluding hydrogens is 146 g/mol. The van der Waals surface area contributed by atoms with E-state index in [2.05, 4.69) is 19.1 Å². The van der Waals surface area contributed by atoms with Crippen molar-refractivity contribution in [3.63, 3.8) is 0 Å². The van der Waals surface area contributed by atoms with E-state index in [0.29, 0.717) is 0 Å². The maximum absolute atomic E-state index is 5.40. The van der Waals surface area contributed by atoms with Crippen molar-refractivity contribution in [3.05, 3.63) is 12.2 Å². The first-order valence-corrected chi connectivity index (χ1v) is 5.27. The summed E-state index contributed by atoms with van der Waals surface area (Å²) in [5.41, 5.74) is 5.40. The minimum atomic E-state index is 0.857. The first-order valence-electron chi connectivity index (χ1n) is 5.27. The minimum Gasteiger partial charge on any atom is -0.330 e. The van der Waals surface area contributed by atoms with Crippen LogP contribution in [0.15, 0.2) is 12.2 Å². The maximum Gasteiger partial charge on any atom is -0.00773 e. The molecule has 0 fully saturated rings. The molecule has 0 amide bonds. The van der Waals surface area contributed by atoms with Crippen molar-refractivity contribution in [2.45, 2.75) is 51.9 Å². The topological polar surface area (TPSA) is 26.0 Å². The monoisotopic (exact) mass is 169 g/mol. The summed E-state index contributed by atoms with van der Waals surface area (Å²) in [5, 5.41) is 0. The van der Waals surface area contributed by atoms with Gasteiger partial charge in [0.25, 0.3) is 0 Å². The van der Waals surface area contributed by atoms with Gasteiger partial charge >= 0.3 is 0 Å². The summed E-state index contributed by atoms with van der Waals surface area (Å²) >= 11 is 0. The van der Waals surface area contributed by atoms with Crippen molar-refractivity contribution in [1.82, 2.24) is 0 Å². The summed E-state index contributed by atoms with van der Waals surface area (Å²) in [6.45, 7) is 3.04. The van der Waals surface area contributed by atoms with Crippen LogP contribution in [0.5, 0.6) is 0 Å².